The minimum atomic E-state index is -0.410. The van der Waals surface area contributed by atoms with Crippen molar-refractivity contribution in [3.05, 3.63) is 28.8 Å². The molecule has 0 saturated carbocycles. The summed E-state index contributed by atoms with van der Waals surface area (Å²) in [6, 6.07) is 3.69. The molecule has 0 amide bonds. The van der Waals surface area contributed by atoms with E-state index in [1.165, 1.54) is 5.56 Å². The standard InChI is InChI=1S/C11H15NO2/c1-7-4-10(14-11(13)6-12)5-8(2)9(7)3/h4-5H,6,12H2,1-3H3. The summed E-state index contributed by atoms with van der Waals surface area (Å²) in [6.07, 6.45) is 0. The number of hydrogen-bond donors (Lipinski definition) is 1. The molecular formula is C11H15NO2. The summed E-state index contributed by atoms with van der Waals surface area (Å²) in [5, 5.41) is 0. The van der Waals surface area contributed by atoms with E-state index in [2.05, 4.69) is 0 Å². The van der Waals surface area contributed by atoms with Crippen LogP contribution in [0, 0.1) is 20.8 Å². The zero-order valence-corrected chi connectivity index (χ0v) is 8.76. The Morgan fingerprint density at radius 3 is 2.21 bits per heavy atom. The second kappa shape index (κ2) is 4.24. The van der Waals surface area contributed by atoms with Crippen LogP contribution in [0.15, 0.2) is 12.1 Å². The quantitative estimate of drug-likeness (QED) is 0.571. The van der Waals surface area contributed by atoms with Crippen molar-refractivity contribution in [2.45, 2.75) is 20.8 Å². The van der Waals surface area contributed by atoms with Gasteiger partial charge in [0.05, 0.1) is 6.54 Å². The van der Waals surface area contributed by atoms with Crippen LogP contribution >= 0.6 is 0 Å². The molecule has 0 aliphatic carbocycles. The highest BCUT2D eigenvalue weighted by Gasteiger charge is 2.05. The summed E-state index contributed by atoms with van der Waals surface area (Å²) in [5.41, 5.74) is 8.60. The molecule has 0 aliphatic heterocycles. The number of rotatable bonds is 2. The van der Waals surface area contributed by atoms with Gasteiger partial charge in [-0.3, -0.25) is 4.79 Å². The maximum absolute atomic E-state index is 10.9. The molecule has 14 heavy (non-hydrogen) atoms. The number of carbonyl (C=O) groups excluding carboxylic acids is 1. The SMILES string of the molecule is Cc1cc(OC(=O)CN)cc(C)c1C. The summed E-state index contributed by atoms with van der Waals surface area (Å²) in [7, 11) is 0. The molecular weight excluding hydrogens is 178 g/mol. The molecule has 1 rings (SSSR count). The summed E-state index contributed by atoms with van der Waals surface area (Å²) >= 11 is 0. The number of aryl methyl sites for hydroxylation is 2. The van der Waals surface area contributed by atoms with Crippen molar-refractivity contribution in [3.8, 4) is 5.75 Å². The first-order chi connectivity index (χ1) is 6.54. The van der Waals surface area contributed by atoms with Gasteiger partial charge in [-0.15, -0.1) is 0 Å². The number of ether oxygens (including phenoxy) is 1. The first-order valence-electron chi connectivity index (χ1n) is 4.53. The Labute approximate surface area is 83.9 Å². The lowest BCUT2D eigenvalue weighted by Gasteiger charge is -2.08. The zero-order valence-electron chi connectivity index (χ0n) is 8.76. The highest BCUT2D eigenvalue weighted by Crippen LogP contribution is 2.20. The van der Waals surface area contributed by atoms with E-state index in [1.807, 2.05) is 32.9 Å². The minimum absolute atomic E-state index is 0.0913. The lowest BCUT2D eigenvalue weighted by Crippen LogP contribution is -2.19. The molecule has 0 bridgehead atoms. The minimum Gasteiger partial charge on any atom is -0.426 e. The molecule has 0 spiro atoms. The van der Waals surface area contributed by atoms with Crippen LogP contribution in [0.4, 0.5) is 0 Å². The maximum Gasteiger partial charge on any atom is 0.325 e. The molecule has 0 saturated heterocycles. The van der Waals surface area contributed by atoms with Crippen LogP contribution in [-0.2, 0) is 4.79 Å². The fourth-order valence-electron chi connectivity index (χ4n) is 1.23. The fraction of sp³-hybridized carbons (Fsp3) is 0.364. The lowest BCUT2D eigenvalue weighted by atomic mass is 10.0. The van der Waals surface area contributed by atoms with Crippen LogP contribution in [0.5, 0.6) is 5.75 Å². The highest BCUT2D eigenvalue weighted by molar-refractivity contribution is 5.74. The zero-order chi connectivity index (χ0) is 10.7. The van der Waals surface area contributed by atoms with E-state index in [0.29, 0.717) is 5.75 Å². The van der Waals surface area contributed by atoms with Crippen molar-refractivity contribution >= 4 is 5.97 Å². The second-order valence-corrected chi connectivity index (χ2v) is 3.36. The first-order valence-corrected chi connectivity index (χ1v) is 4.53. The third kappa shape index (κ3) is 2.33. The summed E-state index contributed by atoms with van der Waals surface area (Å²) in [5.74, 6) is 0.161. The second-order valence-electron chi connectivity index (χ2n) is 3.36. The molecule has 0 heterocycles. The first kappa shape index (κ1) is 10.7. The van der Waals surface area contributed by atoms with E-state index >= 15 is 0 Å². The molecule has 76 valence electrons. The predicted octanol–water partition coefficient (Wildman–Crippen LogP) is 1.48. The van der Waals surface area contributed by atoms with Crippen LogP contribution in [0.2, 0.25) is 0 Å². The van der Waals surface area contributed by atoms with E-state index in [1.54, 1.807) is 0 Å². The van der Waals surface area contributed by atoms with E-state index in [9.17, 15) is 4.79 Å². The summed E-state index contributed by atoms with van der Waals surface area (Å²) in [6.45, 7) is 5.93. The topological polar surface area (TPSA) is 52.3 Å². The lowest BCUT2D eigenvalue weighted by molar-refractivity contribution is -0.132. The predicted molar refractivity (Wildman–Crippen MR) is 55.3 cm³/mol. The van der Waals surface area contributed by atoms with E-state index in [4.69, 9.17) is 10.5 Å². The number of hydrogen-bond acceptors (Lipinski definition) is 3. The Kier molecular flexibility index (Phi) is 3.25. The Morgan fingerprint density at radius 1 is 1.29 bits per heavy atom. The summed E-state index contributed by atoms with van der Waals surface area (Å²) in [4.78, 5) is 10.9. The average molecular weight is 193 g/mol. The van der Waals surface area contributed by atoms with Gasteiger partial charge in [0.2, 0.25) is 0 Å². The van der Waals surface area contributed by atoms with Gasteiger partial charge < -0.3 is 10.5 Å². The van der Waals surface area contributed by atoms with Crippen LogP contribution in [0.3, 0.4) is 0 Å². The molecule has 1 aromatic rings. The summed E-state index contributed by atoms with van der Waals surface area (Å²) < 4.78 is 5.02. The van der Waals surface area contributed by atoms with E-state index in [0.717, 1.165) is 11.1 Å². The number of carbonyl (C=O) groups is 1. The van der Waals surface area contributed by atoms with Crippen molar-refractivity contribution in [1.82, 2.24) is 0 Å². The fourth-order valence-corrected chi connectivity index (χ4v) is 1.23. The van der Waals surface area contributed by atoms with E-state index < -0.39 is 5.97 Å². The molecule has 2 N–H and O–H groups in total. The Bertz CT molecular complexity index is 335. The molecule has 3 nitrogen and oxygen atoms in total. The van der Waals surface area contributed by atoms with E-state index in [-0.39, 0.29) is 6.54 Å². The molecule has 0 fully saturated rings. The average Bonchev–Trinajstić information content (AvgIpc) is 2.14. The molecule has 0 aromatic heterocycles. The third-order valence-corrected chi connectivity index (χ3v) is 2.30. The van der Waals surface area contributed by atoms with Gasteiger partial charge in [-0.1, -0.05) is 0 Å². The maximum atomic E-state index is 10.9. The Balaban J connectivity index is 2.95. The van der Waals surface area contributed by atoms with Gasteiger partial charge >= 0.3 is 5.97 Å². The van der Waals surface area contributed by atoms with Crippen molar-refractivity contribution in [2.75, 3.05) is 6.54 Å². The van der Waals surface area contributed by atoms with Crippen LogP contribution < -0.4 is 10.5 Å². The normalized spacial score (nSPS) is 10.0. The monoisotopic (exact) mass is 193 g/mol. The highest BCUT2D eigenvalue weighted by atomic mass is 16.5. The van der Waals surface area contributed by atoms with Gasteiger partial charge in [0.1, 0.15) is 5.75 Å². The molecule has 3 heteroatoms. The van der Waals surface area contributed by atoms with Crippen molar-refractivity contribution in [1.29, 1.82) is 0 Å². The van der Waals surface area contributed by atoms with Crippen LogP contribution in [0.1, 0.15) is 16.7 Å². The molecule has 0 radical (unpaired) electrons. The van der Waals surface area contributed by atoms with Gasteiger partial charge in [0, 0.05) is 0 Å². The van der Waals surface area contributed by atoms with Gasteiger partial charge in [0.15, 0.2) is 0 Å². The van der Waals surface area contributed by atoms with Crippen molar-refractivity contribution < 1.29 is 9.53 Å². The number of esters is 1. The third-order valence-electron chi connectivity index (χ3n) is 2.30. The van der Waals surface area contributed by atoms with Gasteiger partial charge in [0.25, 0.3) is 0 Å². The Morgan fingerprint density at radius 2 is 1.79 bits per heavy atom. The van der Waals surface area contributed by atoms with Crippen LogP contribution in [-0.4, -0.2) is 12.5 Å². The molecule has 0 atom stereocenters. The molecule has 1 aromatic carbocycles. The van der Waals surface area contributed by atoms with Crippen LogP contribution in [0.25, 0.3) is 0 Å². The van der Waals surface area contributed by atoms with Gasteiger partial charge in [-0.2, -0.15) is 0 Å². The number of nitrogens with two attached hydrogens (primary N) is 1. The Hall–Kier alpha value is -1.35. The molecule has 0 unspecified atom stereocenters. The number of benzene rings is 1. The smallest absolute Gasteiger partial charge is 0.325 e. The van der Waals surface area contributed by atoms with Gasteiger partial charge in [-0.05, 0) is 49.6 Å². The molecule has 0 aliphatic rings. The van der Waals surface area contributed by atoms with Crippen molar-refractivity contribution in [3.63, 3.8) is 0 Å². The van der Waals surface area contributed by atoms with Gasteiger partial charge in [-0.25, -0.2) is 0 Å². The van der Waals surface area contributed by atoms with Crippen molar-refractivity contribution in [2.24, 2.45) is 5.73 Å². The largest absolute Gasteiger partial charge is 0.426 e.